The fourth-order valence-corrected chi connectivity index (χ4v) is 2.03. The summed E-state index contributed by atoms with van der Waals surface area (Å²) >= 11 is 0. The van der Waals surface area contributed by atoms with Crippen LogP contribution in [0.5, 0.6) is 0 Å². The second-order valence-electron chi connectivity index (χ2n) is 4.53. The summed E-state index contributed by atoms with van der Waals surface area (Å²) in [5.41, 5.74) is 1.24. The fraction of sp³-hybridized carbons (Fsp3) is 0.727. The number of carbonyl (C=O) groups excluding carboxylic acids is 1. The number of ketones is 1. The van der Waals surface area contributed by atoms with Crippen molar-refractivity contribution >= 4 is 13.4 Å². The lowest BCUT2D eigenvalue weighted by atomic mass is 9.99. The van der Waals surface area contributed by atoms with E-state index < -0.39 is 13.8 Å². The highest BCUT2D eigenvalue weighted by molar-refractivity contribution is 7.52. The van der Waals surface area contributed by atoms with Crippen molar-refractivity contribution in [3.63, 3.8) is 0 Å². The molecule has 4 nitrogen and oxygen atoms in total. The smallest absolute Gasteiger partial charge is 0.324 e. The first-order valence-corrected chi connectivity index (χ1v) is 7.20. The maximum Gasteiger partial charge on any atom is 0.332 e. The van der Waals surface area contributed by atoms with E-state index in [0.29, 0.717) is 0 Å². The molecule has 1 atom stereocenters. The van der Waals surface area contributed by atoms with E-state index in [0.717, 1.165) is 12.8 Å². The molecule has 5 heteroatoms. The van der Waals surface area contributed by atoms with Gasteiger partial charge in [0.25, 0.3) is 0 Å². The Morgan fingerprint density at radius 1 is 1.38 bits per heavy atom. The molecule has 2 N–H and O–H groups in total. The van der Waals surface area contributed by atoms with Gasteiger partial charge in [-0.15, -0.1) is 0 Å². The molecule has 0 rings (SSSR count). The van der Waals surface area contributed by atoms with E-state index >= 15 is 0 Å². The number of allylic oxidation sites excluding steroid dienone is 2. The average molecular weight is 248 g/mol. The Hall–Kier alpha value is -0.440. The quantitative estimate of drug-likeness (QED) is 0.536. The van der Waals surface area contributed by atoms with Crippen LogP contribution >= 0.6 is 7.60 Å². The lowest BCUT2D eigenvalue weighted by Crippen LogP contribution is -2.10. The van der Waals surface area contributed by atoms with E-state index in [1.165, 1.54) is 5.57 Å². The van der Waals surface area contributed by atoms with Gasteiger partial charge in [-0.25, -0.2) is 0 Å². The van der Waals surface area contributed by atoms with Crippen molar-refractivity contribution in [2.75, 3.05) is 6.16 Å². The van der Waals surface area contributed by atoms with Crippen LogP contribution in [0.3, 0.4) is 0 Å². The summed E-state index contributed by atoms with van der Waals surface area (Å²) < 4.78 is 10.6. The zero-order chi connectivity index (χ0) is 12.8. The van der Waals surface area contributed by atoms with Crippen molar-refractivity contribution in [1.82, 2.24) is 0 Å². The zero-order valence-electron chi connectivity index (χ0n) is 10.1. The molecule has 94 valence electrons. The lowest BCUT2D eigenvalue weighted by Gasteiger charge is -2.09. The van der Waals surface area contributed by atoms with E-state index in [-0.39, 0.29) is 18.1 Å². The summed E-state index contributed by atoms with van der Waals surface area (Å²) in [4.78, 5) is 28.5. The maximum absolute atomic E-state index is 11.3. The molecule has 16 heavy (non-hydrogen) atoms. The van der Waals surface area contributed by atoms with Crippen LogP contribution in [0.15, 0.2) is 11.6 Å². The molecular weight excluding hydrogens is 227 g/mol. The molecule has 0 aromatic rings. The van der Waals surface area contributed by atoms with Crippen LogP contribution in [0.2, 0.25) is 0 Å². The normalized spacial score (nSPS) is 13.3. The van der Waals surface area contributed by atoms with Crippen molar-refractivity contribution in [3.8, 4) is 0 Å². The lowest BCUT2D eigenvalue weighted by molar-refractivity contribution is -0.117. The molecule has 0 heterocycles. The zero-order valence-corrected chi connectivity index (χ0v) is 11.0. The van der Waals surface area contributed by atoms with Crippen LogP contribution in [0.1, 0.15) is 40.0 Å². The second-order valence-corrected chi connectivity index (χ2v) is 6.18. The van der Waals surface area contributed by atoms with Crippen LogP contribution < -0.4 is 0 Å². The Bertz CT molecular complexity index is 299. The van der Waals surface area contributed by atoms with Gasteiger partial charge in [0.15, 0.2) is 0 Å². The molecule has 0 radical (unpaired) electrons. The predicted octanol–water partition coefficient (Wildman–Crippen LogP) is 2.51. The minimum atomic E-state index is -4.18. The molecule has 0 aromatic carbocycles. The van der Waals surface area contributed by atoms with Gasteiger partial charge in [-0.1, -0.05) is 18.6 Å². The standard InChI is InChI=1S/C11H21O4P/c1-9(2)5-4-6-10(3)7-11(12)8-16(13,14)15/h5,10H,4,6-8H2,1-3H3,(H2,13,14,15). The van der Waals surface area contributed by atoms with Gasteiger partial charge in [0, 0.05) is 6.42 Å². The van der Waals surface area contributed by atoms with E-state index in [4.69, 9.17) is 9.79 Å². The highest BCUT2D eigenvalue weighted by Crippen LogP contribution is 2.34. The molecule has 0 amide bonds. The first-order chi connectivity index (χ1) is 7.20. The average Bonchev–Trinajstić information content (AvgIpc) is 1.98. The number of Topliss-reactive ketones (excluding diaryl/α,β-unsaturated/α-hetero) is 1. The van der Waals surface area contributed by atoms with Gasteiger partial charge in [-0.3, -0.25) is 9.36 Å². The molecule has 1 unspecified atom stereocenters. The predicted molar refractivity (Wildman–Crippen MR) is 64.4 cm³/mol. The minimum Gasteiger partial charge on any atom is -0.324 e. The first-order valence-electron chi connectivity index (χ1n) is 5.40. The molecule has 0 aliphatic rings. The molecule has 0 saturated carbocycles. The largest absolute Gasteiger partial charge is 0.332 e. The first kappa shape index (κ1) is 15.6. The van der Waals surface area contributed by atoms with E-state index in [2.05, 4.69) is 6.08 Å². The van der Waals surface area contributed by atoms with Gasteiger partial charge in [-0.2, -0.15) is 0 Å². The molecular formula is C11H21O4P. The van der Waals surface area contributed by atoms with Crippen LogP contribution in [0.25, 0.3) is 0 Å². The van der Waals surface area contributed by atoms with Crippen molar-refractivity contribution in [1.29, 1.82) is 0 Å². The topological polar surface area (TPSA) is 74.6 Å². The van der Waals surface area contributed by atoms with Gasteiger partial charge in [0.05, 0.1) is 0 Å². The number of hydrogen-bond acceptors (Lipinski definition) is 2. The third-order valence-electron chi connectivity index (χ3n) is 2.17. The number of hydrogen-bond donors (Lipinski definition) is 2. The molecule has 0 aromatic heterocycles. The van der Waals surface area contributed by atoms with Crippen LogP contribution in [0, 0.1) is 5.92 Å². The van der Waals surface area contributed by atoms with Crippen LogP contribution in [0.4, 0.5) is 0 Å². The SMILES string of the molecule is CC(C)=CCCC(C)CC(=O)CP(=O)(O)O. The summed E-state index contributed by atoms with van der Waals surface area (Å²) in [5, 5.41) is 0. The summed E-state index contributed by atoms with van der Waals surface area (Å²) in [5.74, 6) is -0.173. The highest BCUT2D eigenvalue weighted by atomic mass is 31.2. The van der Waals surface area contributed by atoms with Crippen molar-refractivity contribution in [2.24, 2.45) is 5.92 Å². The molecule has 0 aliphatic carbocycles. The van der Waals surface area contributed by atoms with Gasteiger partial charge < -0.3 is 9.79 Å². The Kier molecular flexibility index (Phi) is 6.81. The minimum absolute atomic E-state index is 0.176. The third kappa shape index (κ3) is 10.1. The van der Waals surface area contributed by atoms with Gasteiger partial charge in [-0.05, 0) is 32.6 Å². The van der Waals surface area contributed by atoms with Crippen molar-refractivity contribution in [3.05, 3.63) is 11.6 Å². The molecule has 0 spiro atoms. The van der Waals surface area contributed by atoms with Crippen molar-refractivity contribution < 1.29 is 19.1 Å². The van der Waals surface area contributed by atoms with Gasteiger partial charge in [0.2, 0.25) is 0 Å². The molecule has 0 bridgehead atoms. The molecule has 0 fully saturated rings. The number of carbonyl (C=O) groups is 1. The number of rotatable bonds is 7. The van der Waals surface area contributed by atoms with Crippen LogP contribution in [-0.4, -0.2) is 21.7 Å². The van der Waals surface area contributed by atoms with Crippen LogP contribution in [-0.2, 0) is 9.36 Å². The van der Waals surface area contributed by atoms with E-state index in [1.807, 2.05) is 20.8 Å². The van der Waals surface area contributed by atoms with Gasteiger partial charge >= 0.3 is 7.60 Å². The summed E-state index contributed by atoms with van der Waals surface area (Å²) in [7, 11) is -4.18. The van der Waals surface area contributed by atoms with E-state index in [9.17, 15) is 9.36 Å². The Morgan fingerprint density at radius 2 is 1.94 bits per heavy atom. The van der Waals surface area contributed by atoms with E-state index in [1.54, 1.807) is 0 Å². The summed E-state index contributed by atoms with van der Waals surface area (Å²) in [6.45, 7) is 5.96. The monoisotopic (exact) mass is 248 g/mol. The molecule has 0 saturated heterocycles. The van der Waals surface area contributed by atoms with Crippen molar-refractivity contribution in [2.45, 2.75) is 40.0 Å². The summed E-state index contributed by atoms with van der Waals surface area (Å²) in [6.07, 6.45) is 3.51. The van der Waals surface area contributed by atoms with Gasteiger partial charge in [0.1, 0.15) is 11.9 Å². The summed E-state index contributed by atoms with van der Waals surface area (Å²) in [6, 6.07) is 0. The Balaban J connectivity index is 3.88. The second kappa shape index (κ2) is 7.00. The Labute approximate surface area is 96.9 Å². The maximum atomic E-state index is 11.3. The fourth-order valence-electron chi connectivity index (χ4n) is 1.44. The molecule has 0 aliphatic heterocycles. The third-order valence-corrected chi connectivity index (χ3v) is 2.94. The highest BCUT2D eigenvalue weighted by Gasteiger charge is 2.20. The Morgan fingerprint density at radius 3 is 2.38 bits per heavy atom.